The summed E-state index contributed by atoms with van der Waals surface area (Å²) < 4.78 is 6.38. The van der Waals surface area contributed by atoms with E-state index in [2.05, 4.69) is 32.3 Å². The molecule has 1 aromatic rings. The average Bonchev–Trinajstić information content (AvgIpc) is 2.34. The first-order valence-corrected chi connectivity index (χ1v) is 7.02. The molecule has 1 saturated heterocycles. The molecule has 3 nitrogen and oxygen atoms in total. The molecular weight excluding hydrogens is 304 g/mol. The zero-order chi connectivity index (χ0) is 12.3. The lowest BCUT2D eigenvalue weighted by atomic mass is 9.92. The molecule has 0 atom stereocenters. The molecule has 0 aromatic carbocycles. The highest BCUT2D eigenvalue weighted by Gasteiger charge is 2.32. The van der Waals surface area contributed by atoms with Crippen molar-refractivity contribution >= 4 is 33.3 Å². The summed E-state index contributed by atoms with van der Waals surface area (Å²) in [5, 5.41) is 3.50. The summed E-state index contributed by atoms with van der Waals surface area (Å²) in [6.07, 6.45) is 3.65. The van der Waals surface area contributed by atoms with Gasteiger partial charge in [0.1, 0.15) is 5.82 Å². The van der Waals surface area contributed by atoms with E-state index in [1.807, 2.05) is 6.92 Å². The molecule has 0 amide bonds. The van der Waals surface area contributed by atoms with Crippen molar-refractivity contribution in [3.8, 4) is 0 Å². The Labute approximate surface area is 115 Å². The van der Waals surface area contributed by atoms with Gasteiger partial charge in [0.15, 0.2) is 0 Å². The Morgan fingerprint density at radius 3 is 2.82 bits per heavy atom. The van der Waals surface area contributed by atoms with Crippen LogP contribution in [0, 0.1) is 6.92 Å². The molecule has 0 aliphatic carbocycles. The molecule has 1 N–H and O–H groups in total. The van der Waals surface area contributed by atoms with Crippen molar-refractivity contribution in [3.05, 3.63) is 22.3 Å². The number of aryl methyl sites for hydroxylation is 1. The molecule has 0 bridgehead atoms. The van der Waals surface area contributed by atoms with Crippen LogP contribution in [0.1, 0.15) is 18.4 Å². The van der Waals surface area contributed by atoms with Gasteiger partial charge >= 0.3 is 0 Å². The zero-order valence-corrected chi connectivity index (χ0v) is 12.1. The van der Waals surface area contributed by atoms with Crippen LogP contribution in [0.15, 0.2) is 16.7 Å². The molecule has 1 fully saturated rings. The quantitative estimate of drug-likeness (QED) is 0.868. The lowest BCUT2D eigenvalue weighted by Crippen LogP contribution is -2.45. The van der Waals surface area contributed by atoms with Gasteiger partial charge in [-0.15, -0.1) is 11.6 Å². The molecule has 17 heavy (non-hydrogen) atoms. The topological polar surface area (TPSA) is 34.2 Å². The third-order valence-corrected chi connectivity index (χ3v) is 4.08. The smallest absolute Gasteiger partial charge is 0.129 e. The Morgan fingerprint density at radius 2 is 2.24 bits per heavy atom. The average molecular weight is 320 g/mol. The third kappa shape index (κ3) is 3.12. The van der Waals surface area contributed by atoms with Crippen molar-refractivity contribution in [1.82, 2.24) is 4.98 Å². The Balaban J connectivity index is 2.17. The number of nitrogens with one attached hydrogen (secondary N) is 1. The number of aromatic nitrogens is 1. The van der Waals surface area contributed by atoms with Crippen LogP contribution >= 0.6 is 27.5 Å². The molecule has 1 aliphatic rings. The van der Waals surface area contributed by atoms with E-state index in [0.29, 0.717) is 5.88 Å². The monoisotopic (exact) mass is 318 g/mol. The van der Waals surface area contributed by atoms with Crippen molar-refractivity contribution in [3.63, 3.8) is 0 Å². The van der Waals surface area contributed by atoms with Gasteiger partial charge in [-0.05, 0) is 47.3 Å². The molecule has 0 unspecified atom stereocenters. The van der Waals surface area contributed by atoms with Gasteiger partial charge in [-0.1, -0.05) is 0 Å². The second-order valence-electron chi connectivity index (χ2n) is 4.47. The molecule has 5 heteroatoms. The van der Waals surface area contributed by atoms with Gasteiger partial charge in [0.2, 0.25) is 0 Å². The minimum atomic E-state index is -0.0780. The number of halogens is 2. The number of pyridine rings is 1. The Bertz CT molecular complexity index is 394. The summed E-state index contributed by atoms with van der Waals surface area (Å²) in [5.74, 6) is 1.49. The lowest BCUT2D eigenvalue weighted by Gasteiger charge is -2.37. The second kappa shape index (κ2) is 5.55. The zero-order valence-electron chi connectivity index (χ0n) is 9.80. The van der Waals surface area contributed by atoms with Crippen LogP contribution in [0.5, 0.6) is 0 Å². The SMILES string of the molecule is Cc1cc(Br)cnc1NC1(CCl)CCOCC1. The predicted octanol–water partition coefficient (Wildman–Crippen LogP) is 3.35. The Kier molecular flexibility index (Phi) is 4.28. The standard InChI is InChI=1S/C12H16BrClN2O/c1-9-6-10(13)7-15-11(9)16-12(8-14)2-4-17-5-3-12/h6-7H,2-5,8H2,1H3,(H,15,16). The lowest BCUT2D eigenvalue weighted by molar-refractivity contribution is 0.0666. The molecule has 0 saturated carbocycles. The maximum Gasteiger partial charge on any atom is 0.129 e. The van der Waals surface area contributed by atoms with Crippen molar-refractivity contribution in [2.45, 2.75) is 25.3 Å². The highest BCUT2D eigenvalue weighted by molar-refractivity contribution is 9.10. The van der Waals surface area contributed by atoms with Gasteiger partial charge in [0.25, 0.3) is 0 Å². The second-order valence-corrected chi connectivity index (χ2v) is 5.65. The van der Waals surface area contributed by atoms with Crippen LogP contribution < -0.4 is 5.32 Å². The van der Waals surface area contributed by atoms with E-state index in [4.69, 9.17) is 16.3 Å². The summed E-state index contributed by atoms with van der Waals surface area (Å²) in [7, 11) is 0. The van der Waals surface area contributed by atoms with Crippen molar-refractivity contribution in [2.75, 3.05) is 24.4 Å². The van der Waals surface area contributed by atoms with Crippen LogP contribution in [-0.4, -0.2) is 29.6 Å². The molecule has 1 aliphatic heterocycles. The fourth-order valence-corrected chi connectivity index (χ4v) is 2.76. The fourth-order valence-electron chi connectivity index (χ4n) is 1.98. The predicted molar refractivity (Wildman–Crippen MR) is 73.8 cm³/mol. The van der Waals surface area contributed by atoms with Gasteiger partial charge in [0.05, 0.1) is 5.54 Å². The third-order valence-electron chi connectivity index (χ3n) is 3.13. The van der Waals surface area contributed by atoms with E-state index in [-0.39, 0.29) is 5.54 Å². The normalized spacial score (nSPS) is 19.0. The van der Waals surface area contributed by atoms with Crippen molar-refractivity contribution in [1.29, 1.82) is 0 Å². The number of anilines is 1. The Hall–Kier alpha value is -0.320. The number of hydrogen-bond acceptors (Lipinski definition) is 3. The molecule has 94 valence electrons. The summed E-state index contributed by atoms with van der Waals surface area (Å²) >= 11 is 9.53. The Morgan fingerprint density at radius 1 is 1.53 bits per heavy atom. The van der Waals surface area contributed by atoms with Gasteiger partial charge in [-0.3, -0.25) is 0 Å². The van der Waals surface area contributed by atoms with Crippen LogP contribution in [0.4, 0.5) is 5.82 Å². The number of ether oxygens (including phenoxy) is 1. The van der Waals surface area contributed by atoms with Crippen LogP contribution in [-0.2, 0) is 4.74 Å². The van der Waals surface area contributed by atoms with Gasteiger partial charge in [0, 0.05) is 29.8 Å². The van der Waals surface area contributed by atoms with E-state index in [1.165, 1.54) is 0 Å². The first-order chi connectivity index (χ1) is 8.15. The number of rotatable bonds is 3. The summed E-state index contributed by atoms with van der Waals surface area (Å²) in [6, 6.07) is 2.05. The van der Waals surface area contributed by atoms with Gasteiger partial charge in [-0.2, -0.15) is 0 Å². The first-order valence-electron chi connectivity index (χ1n) is 5.69. The van der Waals surface area contributed by atoms with E-state index < -0.39 is 0 Å². The highest BCUT2D eigenvalue weighted by Crippen LogP contribution is 2.28. The molecular formula is C12H16BrClN2O. The maximum absolute atomic E-state index is 6.12. The van der Waals surface area contributed by atoms with E-state index in [9.17, 15) is 0 Å². The fraction of sp³-hybridized carbons (Fsp3) is 0.583. The minimum absolute atomic E-state index is 0.0780. The number of alkyl halides is 1. The molecule has 0 radical (unpaired) electrons. The van der Waals surface area contributed by atoms with Crippen molar-refractivity contribution in [2.24, 2.45) is 0 Å². The molecule has 0 spiro atoms. The number of hydrogen-bond donors (Lipinski definition) is 1. The van der Waals surface area contributed by atoms with Crippen LogP contribution in [0.2, 0.25) is 0 Å². The van der Waals surface area contributed by atoms with Gasteiger partial charge in [-0.25, -0.2) is 4.98 Å². The minimum Gasteiger partial charge on any atom is -0.381 e. The van der Waals surface area contributed by atoms with Crippen LogP contribution in [0.25, 0.3) is 0 Å². The van der Waals surface area contributed by atoms with E-state index in [1.54, 1.807) is 6.20 Å². The highest BCUT2D eigenvalue weighted by atomic mass is 79.9. The van der Waals surface area contributed by atoms with Gasteiger partial charge < -0.3 is 10.1 Å². The molecule has 2 rings (SSSR count). The maximum atomic E-state index is 6.12. The number of nitrogens with zero attached hydrogens (tertiary/aromatic N) is 1. The van der Waals surface area contributed by atoms with Crippen LogP contribution in [0.3, 0.4) is 0 Å². The van der Waals surface area contributed by atoms with E-state index >= 15 is 0 Å². The molecule has 1 aromatic heterocycles. The summed E-state index contributed by atoms with van der Waals surface area (Å²) in [6.45, 7) is 3.56. The summed E-state index contributed by atoms with van der Waals surface area (Å²) in [5.41, 5.74) is 1.04. The molecule has 2 heterocycles. The van der Waals surface area contributed by atoms with E-state index in [0.717, 1.165) is 41.9 Å². The largest absolute Gasteiger partial charge is 0.381 e. The van der Waals surface area contributed by atoms with Crippen molar-refractivity contribution < 1.29 is 4.74 Å². The summed E-state index contributed by atoms with van der Waals surface area (Å²) in [4.78, 5) is 4.41. The first kappa shape index (κ1) is 13.1.